The number of aliphatic carboxylic acids is 1. The minimum absolute atomic E-state index is 0.0307. The number of carboxylic acids is 1. The van der Waals surface area contributed by atoms with Crippen LogP contribution in [-0.4, -0.2) is 227 Å². The van der Waals surface area contributed by atoms with Crippen LogP contribution in [0.3, 0.4) is 0 Å². The maximum atomic E-state index is 14.2. The summed E-state index contributed by atoms with van der Waals surface area (Å²) >= 11 is 1.10. The van der Waals surface area contributed by atoms with Gasteiger partial charge in [0.2, 0.25) is 70.9 Å². The van der Waals surface area contributed by atoms with E-state index in [0.717, 1.165) is 38.5 Å². The molecular formula is C52H96N18O17S. The van der Waals surface area contributed by atoms with Crippen molar-refractivity contribution in [3.8, 4) is 0 Å². The fraction of sp³-hybridized carbons (Fsp3) is 0.731. The highest BCUT2D eigenvalue weighted by atomic mass is 32.2. The molecule has 35 nitrogen and oxygen atoms in total. The van der Waals surface area contributed by atoms with Crippen molar-refractivity contribution in [2.75, 3.05) is 57.4 Å². The lowest BCUT2D eigenvalue weighted by Gasteiger charge is -2.28. The molecule has 0 aromatic heterocycles. The van der Waals surface area contributed by atoms with Crippen LogP contribution in [0, 0.1) is 0 Å². The summed E-state index contributed by atoms with van der Waals surface area (Å²) in [5, 5.41) is 66.8. The normalized spacial score (nSPS) is 14.7. The van der Waals surface area contributed by atoms with Crippen molar-refractivity contribution < 1.29 is 82.8 Å². The van der Waals surface area contributed by atoms with E-state index in [9.17, 15) is 82.8 Å². The van der Waals surface area contributed by atoms with Crippen molar-refractivity contribution in [1.82, 2.24) is 58.5 Å². The Morgan fingerprint density at radius 1 is 0.500 bits per heavy atom. The SMILES string of the molecule is CCCCNC(=O)CCCSC[C@H](NC(=O)[C@H](CCCN=C(N)N)NC(=O)[C@H](C)NC(=O)[C@@H](NC(=O)[C@H](CCC(N)=O)NC(=O)[C@@H](N)CCCCN)[C@@H](C)O)C(=O)N[C@@H](CO)C(=O)N[C@H](C(=O)NCC(=O)NCC(=O)N[C@@H](CCCCN)C(=O)O)[C@@H](C)O. The Morgan fingerprint density at radius 2 is 1.02 bits per heavy atom. The van der Waals surface area contributed by atoms with E-state index >= 15 is 0 Å². The van der Waals surface area contributed by atoms with Crippen LogP contribution in [0.1, 0.15) is 118 Å². The Hall–Kier alpha value is -7.51. The third-order valence-corrected chi connectivity index (χ3v) is 13.9. The Balaban J connectivity index is 6.55. The van der Waals surface area contributed by atoms with Crippen LogP contribution in [0.25, 0.3) is 0 Å². The van der Waals surface area contributed by atoms with Crippen molar-refractivity contribution in [2.24, 2.45) is 39.4 Å². The first kappa shape index (κ1) is 80.5. The summed E-state index contributed by atoms with van der Waals surface area (Å²) in [6.07, 6.45) is 0.170. The monoisotopic (exact) mass is 1280 g/mol. The van der Waals surface area contributed by atoms with Crippen molar-refractivity contribution in [1.29, 1.82) is 0 Å². The quantitative estimate of drug-likeness (QED) is 0.0153. The number of carboxylic acid groups (broad SMARTS) is 1. The number of guanidine groups is 1. The molecule has 12 amide bonds. The number of nitrogens with two attached hydrogens (primary N) is 6. The molecule has 0 saturated heterocycles. The summed E-state index contributed by atoms with van der Waals surface area (Å²) < 4.78 is 0. The first-order chi connectivity index (χ1) is 41.5. The molecule has 0 bridgehead atoms. The second kappa shape index (κ2) is 45.7. The topological polar surface area (TPSA) is 604 Å². The third-order valence-electron chi connectivity index (χ3n) is 12.8. The standard InChI is InChI=1S/C52H96N18O17S/c1-5-6-21-59-38(75)16-12-23-88-27-36(48(83)67-35(26-71)47(82)69-41(29(3)72)49(84)62-24-39(76)61-25-40(77)64-34(51(86)87)14-8-10-20-54)68-45(80)32(15-11-22-60-52(57)58)65-43(78)28(2)63-50(85)42(30(4)73)70-46(81)33(17-18-37(56)74)66-44(79)31(55)13-7-9-19-53/h28-36,41-42,71-73H,5-27,53-55H2,1-4H3,(H2,56,74)(H,59,75)(H,61,76)(H,62,84)(H,63,85)(H,64,77)(H,65,78)(H,66,79)(H,67,83)(H,68,80)(H,69,82)(H,70,81)(H,86,87)(H4,57,58,60)/t28-,29+,30+,31-,32-,33-,34-,35-,36-,41-,42-/m0/s1. The van der Waals surface area contributed by atoms with Gasteiger partial charge in [0.15, 0.2) is 5.96 Å². The lowest BCUT2D eigenvalue weighted by molar-refractivity contribution is -0.142. The zero-order valence-corrected chi connectivity index (χ0v) is 51.3. The van der Waals surface area contributed by atoms with Gasteiger partial charge in [0.05, 0.1) is 37.9 Å². The Kier molecular flexibility index (Phi) is 41.8. The number of hydrogen-bond acceptors (Lipinski definition) is 21. The highest BCUT2D eigenvalue weighted by Crippen LogP contribution is 2.11. The molecule has 0 spiro atoms. The molecule has 0 radical (unpaired) electrons. The predicted molar refractivity (Wildman–Crippen MR) is 322 cm³/mol. The minimum Gasteiger partial charge on any atom is -0.480 e. The van der Waals surface area contributed by atoms with Gasteiger partial charge in [-0.2, -0.15) is 11.8 Å². The second-order valence-electron chi connectivity index (χ2n) is 20.6. The number of carbonyl (C=O) groups excluding carboxylic acids is 12. The maximum absolute atomic E-state index is 14.2. The second-order valence-corrected chi connectivity index (χ2v) is 21.7. The fourth-order valence-electron chi connectivity index (χ4n) is 7.69. The number of nitrogens with zero attached hydrogens (tertiary/aromatic N) is 1. The van der Waals surface area contributed by atoms with Crippen LogP contribution >= 0.6 is 11.8 Å². The summed E-state index contributed by atoms with van der Waals surface area (Å²) in [5.74, 6) is -12.8. The van der Waals surface area contributed by atoms with Gasteiger partial charge in [-0.1, -0.05) is 19.8 Å². The van der Waals surface area contributed by atoms with Crippen LogP contribution in [0.4, 0.5) is 0 Å². The fourth-order valence-corrected chi connectivity index (χ4v) is 8.68. The molecule has 27 N–H and O–H groups in total. The molecule has 0 saturated carbocycles. The number of rotatable bonds is 48. The molecule has 0 aliphatic carbocycles. The molecule has 88 heavy (non-hydrogen) atoms. The molecule has 0 aliphatic heterocycles. The molecule has 0 unspecified atom stereocenters. The number of aliphatic hydroxyl groups is 3. The highest BCUT2D eigenvalue weighted by Gasteiger charge is 2.36. The lowest BCUT2D eigenvalue weighted by atomic mass is 10.1. The van der Waals surface area contributed by atoms with Gasteiger partial charge in [0, 0.05) is 31.7 Å². The van der Waals surface area contributed by atoms with Gasteiger partial charge in [-0.25, -0.2) is 4.79 Å². The van der Waals surface area contributed by atoms with E-state index in [1.807, 2.05) is 6.92 Å². The number of unbranched alkanes of at least 4 members (excludes halogenated alkanes) is 3. The molecule has 0 aromatic carbocycles. The molecule has 0 fully saturated rings. The van der Waals surface area contributed by atoms with Crippen LogP contribution in [0.2, 0.25) is 0 Å². The number of primary amides is 1. The number of carbonyl (C=O) groups is 13. The van der Waals surface area contributed by atoms with E-state index in [2.05, 4.69) is 63.5 Å². The number of hydrogen-bond donors (Lipinski definition) is 21. The maximum Gasteiger partial charge on any atom is 0.326 e. The Labute approximate surface area is 515 Å². The average Bonchev–Trinajstić information content (AvgIpc) is 3.64. The summed E-state index contributed by atoms with van der Waals surface area (Å²) in [5.41, 5.74) is 33.2. The van der Waals surface area contributed by atoms with Crippen LogP contribution in [-0.2, 0) is 62.3 Å². The van der Waals surface area contributed by atoms with Crippen molar-refractivity contribution >= 4 is 94.6 Å². The van der Waals surface area contributed by atoms with Crippen molar-refractivity contribution in [2.45, 2.75) is 184 Å². The van der Waals surface area contributed by atoms with Crippen LogP contribution in [0.15, 0.2) is 4.99 Å². The summed E-state index contributed by atoms with van der Waals surface area (Å²) in [4.78, 5) is 173. The molecule has 11 atom stereocenters. The number of thioether (sulfide) groups is 1. The van der Waals surface area contributed by atoms with Crippen molar-refractivity contribution in [3.05, 3.63) is 0 Å². The van der Waals surface area contributed by atoms with Gasteiger partial charge in [0.1, 0.15) is 48.3 Å². The van der Waals surface area contributed by atoms with Gasteiger partial charge >= 0.3 is 5.97 Å². The van der Waals surface area contributed by atoms with Gasteiger partial charge in [0.25, 0.3) is 0 Å². The largest absolute Gasteiger partial charge is 0.480 e. The summed E-state index contributed by atoms with van der Waals surface area (Å²) in [6, 6.07) is -13.9. The number of aliphatic hydroxyl groups excluding tert-OH is 3. The number of nitrogens with one attached hydrogen (secondary N) is 11. The molecule has 502 valence electrons. The molecule has 0 aliphatic rings. The van der Waals surface area contributed by atoms with E-state index in [1.165, 1.54) is 6.92 Å². The van der Waals surface area contributed by atoms with E-state index < -0.39 is 157 Å². The molecular weight excluding hydrogens is 1180 g/mol. The van der Waals surface area contributed by atoms with Gasteiger partial charge in [-0.05, 0) is 104 Å². The molecule has 0 heterocycles. The van der Waals surface area contributed by atoms with Gasteiger partial charge in [-0.3, -0.25) is 62.5 Å². The summed E-state index contributed by atoms with van der Waals surface area (Å²) in [7, 11) is 0. The lowest BCUT2D eigenvalue weighted by Crippen LogP contribution is -2.62. The van der Waals surface area contributed by atoms with Crippen LogP contribution in [0.5, 0.6) is 0 Å². The average molecular weight is 1280 g/mol. The Bertz CT molecular complexity index is 2300. The number of amides is 12. The number of aliphatic imine (C=N–C) groups is 1. The van der Waals surface area contributed by atoms with Gasteiger partial charge in [-0.15, -0.1) is 0 Å². The van der Waals surface area contributed by atoms with E-state index in [-0.39, 0.29) is 74.9 Å². The summed E-state index contributed by atoms with van der Waals surface area (Å²) in [6.45, 7) is 3.89. The zero-order valence-electron chi connectivity index (χ0n) is 50.5. The zero-order chi connectivity index (χ0) is 66.9. The third kappa shape index (κ3) is 35.3. The van der Waals surface area contributed by atoms with E-state index in [0.29, 0.717) is 51.7 Å². The predicted octanol–water partition coefficient (Wildman–Crippen LogP) is -8.71. The first-order valence-electron chi connectivity index (χ1n) is 29.0. The molecule has 0 rings (SSSR count). The van der Waals surface area contributed by atoms with Crippen molar-refractivity contribution in [3.63, 3.8) is 0 Å². The first-order valence-corrected chi connectivity index (χ1v) is 30.2. The highest BCUT2D eigenvalue weighted by molar-refractivity contribution is 7.99. The van der Waals surface area contributed by atoms with E-state index in [4.69, 9.17) is 34.4 Å². The smallest absolute Gasteiger partial charge is 0.326 e. The Morgan fingerprint density at radius 3 is 1.59 bits per heavy atom. The van der Waals surface area contributed by atoms with Gasteiger partial charge < -0.3 is 113 Å². The van der Waals surface area contributed by atoms with Crippen LogP contribution < -0.4 is 92.9 Å². The van der Waals surface area contributed by atoms with E-state index in [1.54, 1.807) is 0 Å². The molecule has 36 heteroatoms. The molecule has 0 aromatic rings. The minimum atomic E-state index is -1.87.